The first-order valence-corrected chi connectivity index (χ1v) is 5.62. The third-order valence-electron chi connectivity index (χ3n) is 2.74. The van der Waals surface area contributed by atoms with E-state index in [-0.39, 0.29) is 5.91 Å². The number of hydrogen-bond donors (Lipinski definition) is 1. The summed E-state index contributed by atoms with van der Waals surface area (Å²) < 4.78 is 7.20. The highest BCUT2D eigenvalue weighted by Crippen LogP contribution is 2.17. The Labute approximate surface area is 94.8 Å². The van der Waals surface area contributed by atoms with E-state index in [1.807, 2.05) is 10.9 Å². The minimum absolute atomic E-state index is 0.0642. The van der Waals surface area contributed by atoms with Crippen LogP contribution < -0.4 is 5.32 Å². The van der Waals surface area contributed by atoms with Gasteiger partial charge in [0.2, 0.25) is 5.91 Å². The summed E-state index contributed by atoms with van der Waals surface area (Å²) in [5, 5.41) is 6.94. The van der Waals surface area contributed by atoms with E-state index >= 15 is 0 Å². The van der Waals surface area contributed by atoms with Gasteiger partial charge in [0.05, 0.1) is 11.9 Å². The molecule has 5 heteroatoms. The molecule has 1 fully saturated rings. The highest BCUT2D eigenvalue weighted by atomic mass is 16.5. The molecule has 88 valence electrons. The Hall–Kier alpha value is -1.36. The lowest BCUT2D eigenvalue weighted by Gasteiger charge is -2.21. The lowest BCUT2D eigenvalue weighted by atomic mass is 10.0. The number of anilines is 1. The van der Waals surface area contributed by atoms with Gasteiger partial charge in [-0.05, 0) is 18.8 Å². The molecule has 1 aliphatic heterocycles. The third kappa shape index (κ3) is 3.06. The molecule has 0 aromatic carbocycles. The number of nitrogens with zero attached hydrogens (tertiary/aromatic N) is 2. The second-order valence-electron chi connectivity index (χ2n) is 4.19. The predicted octanol–water partition coefficient (Wildman–Crippen LogP) is 1.27. The monoisotopic (exact) mass is 223 g/mol. The Morgan fingerprint density at radius 1 is 1.62 bits per heavy atom. The van der Waals surface area contributed by atoms with Gasteiger partial charge < -0.3 is 10.1 Å². The van der Waals surface area contributed by atoms with Crippen molar-refractivity contribution in [2.75, 3.05) is 18.5 Å². The van der Waals surface area contributed by atoms with E-state index in [4.69, 9.17) is 4.74 Å². The minimum atomic E-state index is -0.0642. The average molecular weight is 223 g/mol. The van der Waals surface area contributed by atoms with Crippen molar-refractivity contribution in [1.29, 1.82) is 0 Å². The summed E-state index contributed by atoms with van der Waals surface area (Å²) in [5.74, 6) is 0.574. The largest absolute Gasteiger partial charge is 0.381 e. The van der Waals surface area contributed by atoms with Crippen LogP contribution in [0.15, 0.2) is 12.4 Å². The van der Waals surface area contributed by atoms with Gasteiger partial charge in [0, 0.05) is 32.9 Å². The van der Waals surface area contributed by atoms with E-state index in [1.165, 1.54) is 6.92 Å². The first-order valence-electron chi connectivity index (χ1n) is 5.62. The lowest BCUT2D eigenvalue weighted by Crippen LogP contribution is -2.20. The maximum Gasteiger partial charge on any atom is 0.221 e. The van der Waals surface area contributed by atoms with Crippen LogP contribution in [0.4, 0.5) is 5.69 Å². The van der Waals surface area contributed by atoms with Crippen LogP contribution in [0.25, 0.3) is 0 Å². The molecule has 0 spiro atoms. The molecule has 1 saturated heterocycles. The summed E-state index contributed by atoms with van der Waals surface area (Å²) in [5.41, 5.74) is 0.763. The number of rotatable bonds is 3. The van der Waals surface area contributed by atoms with Crippen molar-refractivity contribution in [3.8, 4) is 0 Å². The second kappa shape index (κ2) is 5.12. The molecule has 0 aliphatic carbocycles. The number of hydrogen-bond acceptors (Lipinski definition) is 3. The van der Waals surface area contributed by atoms with Crippen molar-refractivity contribution in [1.82, 2.24) is 9.78 Å². The van der Waals surface area contributed by atoms with E-state index in [0.717, 1.165) is 38.3 Å². The van der Waals surface area contributed by atoms with E-state index in [0.29, 0.717) is 5.92 Å². The predicted molar refractivity (Wildman–Crippen MR) is 60.1 cm³/mol. The van der Waals surface area contributed by atoms with Gasteiger partial charge in [-0.25, -0.2) is 0 Å². The average Bonchev–Trinajstić information content (AvgIpc) is 2.66. The Bertz CT molecular complexity index is 356. The smallest absolute Gasteiger partial charge is 0.221 e. The molecular weight excluding hydrogens is 206 g/mol. The number of carbonyl (C=O) groups is 1. The Morgan fingerprint density at radius 2 is 2.38 bits per heavy atom. The molecule has 0 saturated carbocycles. The van der Waals surface area contributed by atoms with Crippen molar-refractivity contribution in [3.63, 3.8) is 0 Å². The van der Waals surface area contributed by atoms with Crippen molar-refractivity contribution in [2.24, 2.45) is 5.92 Å². The van der Waals surface area contributed by atoms with E-state index in [2.05, 4.69) is 10.4 Å². The second-order valence-corrected chi connectivity index (χ2v) is 4.19. The van der Waals surface area contributed by atoms with Crippen molar-refractivity contribution >= 4 is 11.6 Å². The first-order chi connectivity index (χ1) is 7.74. The van der Waals surface area contributed by atoms with E-state index in [1.54, 1.807) is 6.20 Å². The van der Waals surface area contributed by atoms with Crippen LogP contribution in [-0.4, -0.2) is 28.9 Å². The topological polar surface area (TPSA) is 56.2 Å². The van der Waals surface area contributed by atoms with Gasteiger partial charge in [0.25, 0.3) is 0 Å². The van der Waals surface area contributed by atoms with E-state index < -0.39 is 0 Å². The van der Waals surface area contributed by atoms with Crippen LogP contribution in [0.5, 0.6) is 0 Å². The molecule has 1 aromatic rings. The molecule has 1 aliphatic rings. The summed E-state index contributed by atoms with van der Waals surface area (Å²) in [6.07, 6.45) is 5.74. The van der Waals surface area contributed by atoms with E-state index in [9.17, 15) is 4.79 Å². The number of ether oxygens (including phenoxy) is 1. The zero-order valence-corrected chi connectivity index (χ0v) is 9.48. The van der Waals surface area contributed by atoms with Crippen LogP contribution in [0.3, 0.4) is 0 Å². The summed E-state index contributed by atoms with van der Waals surface area (Å²) in [6, 6.07) is 0. The molecular formula is C11H17N3O2. The van der Waals surface area contributed by atoms with Crippen LogP contribution >= 0.6 is 0 Å². The third-order valence-corrected chi connectivity index (χ3v) is 2.74. The molecule has 1 aromatic heterocycles. The maximum absolute atomic E-state index is 10.8. The number of aromatic nitrogens is 2. The highest BCUT2D eigenvalue weighted by molar-refractivity contribution is 5.88. The number of amides is 1. The fraction of sp³-hybridized carbons (Fsp3) is 0.636. The molecule has 5 nitrogen and oxygen atoms in total. The zero-order chi connectivity index (χ0) is 11.4. The van der Waals surface area contributed by atoms with Gasteiger partial charge >= 0.3 is 0 Å². The van der Waals surface area contributed by atoms with Crippen LogP contribution in [0, 0.1) is 5.92 Å². The summed E-state index contributed by atoms with van der Waals surface area (Å²) in [4.78, 5) is 10.8. The van der Waals surface area contributed by atoms with Crippen molar-refractivity contribution in [2.45, 2.75) is 26.3 Å². The standard InChI is InChI=1S/C11H17N3O2/c1-9(15)13-11-6-12-14(8-11)7-10-2-4-16-5-3-10/h6,8,10H,2-5,7H2,1H3,(H,13,15). The molecule has 1 amide bonds. The Balaban J connectivity index is 1.88. The van der Waals surface area contributed by atoms with Gasteiger partial charge in [-0.2, -0.15) is 5.10 Å². The zero-order valence-electron chi connectivity index (χ0n) is 9.48. The van der Waals surface area contributed by atoms with Crippen molar-refractivity contribution < 1.29 is 9.53 Å². The molecule has 16 heavy (non-hydrogen) atoms. The number of nitrogens with one attached hydrogen (secondary N) is 1. The van der Waals surface area contributed by atoms with Crippen LogP contribution in [0.2, 0.25) is 0 Å². The van der Waals surface area contributed by atoms with Gasteiger partial charge in [-0.15, -0.1) is 0 Å². The van der Waals surface area contributed by atoms with Crippen LogP contribution in [0.1, 0.15) is 19.8 Å². The van der Waals surface area contributed by atoms with Gasteiger partial charge in [0.15, 0.2) is 0 Å². The number of carbonyl (C=O) groups excluding carboxylic acids is 1. The first kappa shape index (κ1) is 11.1. The molecule has 0 bridgehead atoms. The Morgan fingerprint density at radius 3 is 3.06 bits per heavy atom. The summed E-state index contributed by atoms with van der Waals surface area (Å²) in [6.45, 7) is 4.10. The fourth-order valence-electron chi connectivity index (χ4n) is 1.92. The molecule has 0 radical (unpaired) electrons. The molecule has 1 N–H and O–H groups in total. The maximum atomic E-state index is 10.8. The molecule has 2 rings (SSSR count). The van der Waals surface area contributed by atoms with Gasteiger partial charge in [-0.3, -0.25) is 9.48 Å². The van der Waals surface area contributed by atoms with Gasteiger partial charge in [-0.1, -0.05) is 0 Å². The fourth-order valence-corrected chi connectivity index (χ4v) is 1.92. The van der Waals surface area contributed by atoms with Crippen LogP contribution in [-0.2, 0) is 16.1 Å². The Kier molecular flexibility index (Phi) is 3.56. The summed E-state index contributed by atoms with van der Waals surface area (Å²) in [7, 11) is 0. The quantitative estimate of drug-likeness (QED) is 0.839. The highest BCUT2D eigenvalue weighted by Gasteiger charge is 2.14. The molecule has 2 heterocycles. The molecule has 0 unspecified atom stereocenters. The van der Waals surface area contributed by atoms with Gasteiger partial charge in [0.1, 0.15) is 0 Å². The van der Waals surface area contributed by atoms with Crippen molar-refractivity contribution in [3.05, 3.63) is 12.4 Å². The summed E-state index contributed by atoms with van der Waals surface area (Å²) >= 11 is 0. The normalized spacial score (nSPS) is 17.3. The SMILES string of the molecule is CC(=O)Nc1cnn(CC2CCOCC2)c1. The molecule has 0 atom stereocenters. The lowest BCUT2D eigenvalue weighted by molar-refractivity contribution is -0.114. The minimum Gasteiger partial charge on any atom is -0.381 e.